The van der Waals surface area contributed by atoms with E-state index < -0.39 is 5.41 Å². The van der Waals surface area contributed by atoms with Gasteiger partial charge >= 0.3 is 0 Å². The van der Waals surface area contributed by atoms with Crippen molar-refractivity contribution in [3.05, 3.63) is 34.3 Å². The summed E-state index contributed by atoms with van der Waals surface area (Å²) in [6.45, 7) is 3.97. The first-order valence-electron chi connectivity index (χ1n) is 5.74. The molecule has 18 heavy (non-hydrogen) atoms. The SMILES string of the molecule is CC1(C)CC(=O)NN(Cc2cccc(Br)c2)C1=O. The quantitative estimate of drug-likeness (QED) is 0.910. The van der Waals surface area contributed by atoms with Gasteiger partial charge in [-0.15, -0.1) is 0 Å². The van der Waals surface area contributed by atoms with Crippen LogP contribution >= 0.6 is 15.9 Å². The van der Waals surface area contributed by atoms with E-state index >= 15 is 0 Å². The fraction of sp³-hybridized carbons (Fsp3) is 0.385. The zero-order valence-corrected chi connectivity index (χ0v) is 12.0. The summed E-state index contributed by atoms with van der Waals surface area (Å²) < 4.78 is 0.954. The molecule has 1 aromatic carbocycles. The van der Waals surface area contributed by atoms with Crippen LogP contribution in [0, 0.1) is 5.41 Å². The highest BCUT2D eigenvalue weighted by Gasteiger charge is 2.39. The van der Waals surface area contributed by atoms with Crippen LogP contribution in [0.25, 0.3) is 0 Å². The van der Waals surface area contributed by atoms with Crippen LogP contribution in [0.1, 0.15) is 25.8 Å². The minimum Gasteiger partial charge on any atom is -0.273 e. The van der Waals surface area contributed by atoms with Crippen molar-refractivity contribution in [2.45, 2.75) is 26.8 Å². The van der Waals surface area contributed by atoms with E-state index in [1.54, 1.807) is 13.8 Å². The number of hydrogen-bond donors (Lipinski definition) is 1. The minimum absolute atomic E-state index is 0.0536. The fourth-order valence-electron chi connectivity index (χ4n) is 2.01. The number of carbonyl (C=O) groups excluding carboxylic acids is 2. The summed E-state index contributed by atoms with van der Waals surface area (Å²) in [5.74, 6) is -0.170. The minimum atomic E-state index is -0.631. The molecule has 1 fully saturated rings. The Morgan fingerprint density at radius 2 is 2.11 bits per heavy atom. The third-order valence-electron chi connectivity index (χ3n) is 2.92. The van der Waals surface area contributed by atoms with Crippen LogP contribution in [0.3, 0.4) is 0 Å². The van der Waals surface area contributed by atoms with E-state index in [0.29, 0.717) is 6.54 Å². The molecule has 2 rings (SSSR count). The Morgan fingerprint density at radius 1 is 1.39 bits per heavy atom. The van der Waals surface area contributed by atoms with E-state index in [2.05, 4.69) is 21.4 Å². The van der Waals surface area contributed by atoms with Gasteiger partial charge < -0.3 is 0 Å². The summed E-state index contributed by atoms with van der Waals surface area (Å²) in [6, 6.07) is 7.68. The summed E-state index contributed by atoms with van der Waals surface area (Å²) in [7, 11) is 0. The van der Waals surface area contributed by atoms with Crippen LogP contribution in [0.2, 0.25) is 0 Å². The van der Waals surface area contributed by atoms with Crippen molar-refractivity contribution in [1.82, 2.24) is 10.4 Å². The number of rotatable bonds is 2. The highest BCUT2D eigenvalue weighted by Crippen LogP contribution is 2.27. The average Bonchev–Trinajstić information content (AvgIpc) is 2.24. The van der Waals surface area contributed by atoms with Crippen LogP contribution in [0.5, 0.6) is 0 Å². The Kier molecular flexibility index (Phi) is 3.43. The van der Waals surface area contributed by atoms with Gasteiger partial charge in [0, 0.05) is 10.9 Å². The maximum absolute atomic E-state index is 12.2. The van der Waals surface area contributed by atoms with Gasteiger partial charge in [-0.1, -0.05) is 41.9 Å². The van der Waals surface area contributed by atoms with Crippen LogP contribution in [0.4, 0.5) is 0 Å². The molecule has 0 bridgehead atoms. The summed E-state index contributed by atoms with van der Waals surface area (Å²) >= 11 is 3.39. The zero-order valence-electron chi connectivity index (χ0n) is 10.4. The van der Waals surface area contributed by atoms with Gasteiger partial charge in [0.05, 0.1) is 12.0 Å². The lowest BCUT2D eigenvalue weighted by Crippen LogP contribution is -2.56. The van der Waals surface area contributed by atoms with Gasteiger partial charge in [0.1, 0.15) is 0 Å². The first-order valence-corrected chi connectivity index (χ1v) is 6.54. The van der Waals surface area contributed by atoms with E-state index in [4.69, 9.17) is 0 Å². The second-order valence-corrected chi connectivity index (χ2v) is 6.03. The third kappa shape index (κ3) is 2.72. The molecule has 1 aliphatic rings. The maximum Gasteiger partial charge on any atom is 0.247 e. The molecule has 96 valence electrons. The summed E-state index contributed by atoms with van der Waals surface area (Å²) in [5, 5.41) is 1.40. The van der Waals surface area contributed by atoms with Crippen molar-refractivity contribution >= 4 is 27.7 Å². The zero-order chi connectivity index (χ0) is 13.3. The monoisotopic (exact) mass is 310 g/mol. The molecule has 0 spiro atoms. The number of hydrogen-bond acceptors (Lipinski definition) is 2. The largest absolute Gasteiger partial charge is 0.273 e. The Morgan fingerprint density at radius 3 is 2.78 bits per heavy atom. The fourth-order valence-corrected chi connectivity index (χ4v) is 2.46. The first kappa shape index (κ1) is 13.1. The number of nitrogens with zero attached hydrogens (tertiary/aromatic N) is 1. The van der Waals surface area contributed by atoms with E-state index in [-0.39, 0.29) is 18.2 Å². The summed E-state index contributed by atoms with van der Waals surface area (Å²) in [6.07, 6.45) is 0.237. The van der Waals surface area contributed by atoms with Crippen LogP contribution in [0.15, 0.2) is 28.7 Å². The molecule has 0 aromatic heterocycles. The van der Waals surface area contributed by atoms with E-state index in [1.165, 1.54) is 5.01 Å². The lowest BCUT2D eigenvalue weighted by atomic mass is 9.86. The lowest BCUT2D eigenvalue weighted by Gasteiger charge is -2.36. The number of hydrazine groups is 1. The Hall–Kier alpha value is -1.36. The van der Waals surface area contributed by atoms with Gasteiger partial charge in [-0.3, -0.25) is 15.0 Å². The number of halogens is 1. The number of benzene rings is 1. The molecule has 0 atom stereocenters. The topological polar surface area (TPSA) is 49.4 Å². The van der Waals surface area contributed by atoms with E-state index in [9.17, 15) is 9.59 Å². The molecule has 4 nitrogen and oxygen atoms in total. The molecule has 0 radical (unpaired) electrons. The normalized spacial score (nSPS) is 18.7. The van der Waals surface area contributed by atoms with Gasteiger partial charge in [0.25, 0.3) is 0 Å². The molecule has 1 N–H and O–H groups in total. The van der Waals surface area contributed by atoms with Crippen molar-refractivity contribution in [2.75, 3.05) is 0 Å². The second-order valence-electron chi connectivity index (χ2n) is 5.12. The molecule has 0 unspecified atom stereocenters. The molecule has 1 aliphatic heterocycles. The molecular formula is C13H15BrN2O2. The van der Waals surface area contributed by atoms with Crippen molar-refractivity contribution < 1.29 is 9.59 Å². The lowest BCUT2D eigenvalue weighted by molar-refractivity contribution is -0.158. The van der Waals surface area contributed by atoms with Gasteiger partial charge in [-0.05, 0) is 17.7 Å². The van der Waals surface area contributed by atoms with Crippen LogP contribution < -0.4 is 5.43 Å². The molecule has 1 aromatic rings. The van der Waals surface area contributed by atoms with E-state index in [1.807, 2.05) is 24.3 Å². The van der Waals surface area contributed by atoms with Crippen molar-refractivity contribution in [3.63, 3.8) is 0 Å². The average molecular weight is 311 g/mol. The summed E-state index contributed by atoms with van der Waals surface area (Å²) in [4.78, 5) is 23.8. The summed E-state index contributed by atoms with van der Waals surface area (Å²) in [5.41, 5.74) is 2.96. The molecule has 0 aliphatic carbocycles. The molecule has 2 amide bonds. The smallest absolute Gasteiger partial charge is 0.247 e. The predicted octanol–water partition coefficient (Wildman–Crippen LogP) is 2.24. The van der Waals surface area contributed by atoms with Crippen molar-refractivity contribution in [3.8, 4) is 0 Å². The molecule has 0 saturated carbocycles. The van der Waals surface area contributed by atoms with Crippen LogP contribution in [-0.4, -0.2) is 16.8 Å². The Bertz CT molecular complexity index is 500. The molecule has 1 heterocycles. The van der Waals surface area contributed by atoms with E-state index in [0.717, 1.165) is 10.0 Å². The standard InChI is InChI=1S/C13H15BrN2O2/c1-13(2)7-11(17)15-16(12(13)18)8-9-4-3-5-10(14)6-9/h3-6H,7-8H2,1-2H3,(H,15,17). The van der Waals surface area contributed by atoms with Crippen molar-refractivity contribution in [1.29, 1.82) is 0 Å². The number of carbonyl (C=O) groups is 2. The highest BCUT2D eigenvalue weighted by molar-refractivity contribution is 9.10. The van der Waals surface area contributed by atoms with Crippen LogP contribution in [-0.2, 0) is 16.1 Å². The predicted molar refractivity (Wildman–Crippen MR) is 71.2 cm³/mol. The highest BCUT2D eigenvalue weighted by atomic mass is 79.9. The Labute approximate surface area is 114 Å². The molecular weight excluding hydrogens is 296 g/mol. The van der Waals surface area contributed by atoms with Crippen molar-refractivity contribution in [2.24, 2.45) is 5.41 Å². The number of amides is 2. The Balaban J connectivity index is 2.18. The third-order valence-corrected chi connectivity index (χ3v) is 3.41. The van der Waals surface area contributed by atoms with Gasteiger partial charge in [0.15, 0.2) is 0 Å². The number of nitrogens with one attached hydrogen (secondary N) is 1. The molecule has 5 heteroatoms. The second kappa shape index (κ2) is 4.72. The first-order chi connectivity index (χ1) is 8.38. The van der Waals surface area contributed by atoms with Gasteiger partial charge in [-0.25, -0.2) is 5.01 Å². The van der Waals surface area contributed by atoms with Gasteiger partial charge in [-0.2, -0.15) is 0 Å². The molecule has 1 saturated heterocycles. The maximum atomic E-state index is 12.2. The van der Waals surface area contributed by atoms with Gasteiger partial charge in [0.2, 0.25) is 11.8 Å².